The molecule has 0 bridgehead atoms. The molecule has 1 saturated heterocycles. The van der Waals surface area contributed by atoms with E-state index in [9.17, 15) is 26.7 Å². The second-order valence-electron chi connectivity index (χ2n) is 5.15. The summed E-state index contributed by atoms with van der Waals surface area (Å²) >= 11 is 0. The van der Waals surface area contributed by atoms with Crippen LogP contribution in [0.2, 0.25) is 0 Å². The number of anilines is 1. The van der Waals surface area contributed by atoms with Gasteiger partial charge in [0.05, 0.1) is 11.1 Å². The van der Waals surface area contributed by atoms with Gasteiger partial charge in [0.25, 0.3) is 5.91 Å². The third kappa shape index (κ3) is 3.63. The van der Waals surface area contributed by atoms with E-state index in [0.29, 0.717) is 12.3 Å². The van der Waals surface area contributed by atoms with Crippen LogP contribution in [0.4, 0.5) is 27.8 Å². The van der Waals surface area contributed by atoms with Crippen molar-refractivity contribution in [2.45, 2.75) is 31.4 Å². The van der Waals surface area contributed by atoms with Crippen molar-refractivity contribution in [2.24, 2.45) is 5.73 Å². The molecule has 1 aliphatic rings. The summed E-state index contributed by atoms with van der Waals surface area (Å²) in [6, 6.07) is 0.605. The van der Waals surface area contributed by atoms with Crippen molar-refractivity contribution in [1.82, 2.24) is 4.98 Å². The van der Waals surface area contributed by atoms with Gasteiger partial charge in [0.15, 0.2) is 0 Å². The highest BCUT2D eigenvalue weighted by Crippen LogP contribution is 2.33. The molecule has 0 saturated carbocycles. The van der Waals surface area contributed by atoms with E-state index in [1.165, 1.54) is 4.90 Å². The fraction of sp³-hybridized carbons (Fsp3) is 0.538. The average Bonchev–Trinajstić information content (AvgIpc) is 2.58. The van der Waals surface area contributed by atoms with Crippen molar-refractivity contribution in [3.05, 3.63) is 23.4 Å². The Bertz CT molecular complexity index is 573. The number of rotatable bonds is 2. The summed E-state index contributed by atoms with van der Waals surface area (Å²) in [7, 11) is 0. The highest BCUT2D eigenvalue weighted by molar-refractivity contribution is 5.98. The monoisotopic (exact) mass is 323 g/mol. The lowest BCUT2D eigenvalue weighted by molar-refractivity contribution is -0.137. The maximum absolute atomic E-state index is 13.3. The third-order valence-corrected chi connectivity index (χ3v) is 3.48. The van der Waals surface area contributed by atoms with Gasteiger partial charge in [-0.05, 0) is 12.5 Å². The van der Waals surface area contributed by atoms with Crippen LogP contribution in [-0.2, 0) is 6.18 Å². The Balaban J connectivity index is 2.36. The van der Waals surface area contributed by atoms with E-state index in [4.69, 9.17) is 5.73 Å². The first kappa shape index (κ1) is 16.4. The Morgan fingerprint density at radius 2 is 1.95 bits per heavy atom. The number of carbonyl (C=O) groups is 1. The molecule has 1 aromatic rings. The van der Waals surface area contributed by atoms with Crippen LogP contribution >= 0.6 is 0 Å². The smallest absolute Gasteiger partial charge is 0.365 e. The van der Waals surface area contributed by atoms with Crippen LogP contribution in [0.5, 0.6) is 0 Å². The van der Waals surface area contributed by atoms with Crippen molar-refractivity contribution in [3.8, 4) is 0 Å². The molecule has 2 heterocycles. The Morgan fingerprint density at radius 1 is 1.27 bits per heavy atom. The summed E-state index contributed by atoms with van der Waals surface area (Å²) in [4.78, 5) is 16.4. The van der Waals surface area contributed by atoms with Crippen LogP contribution in [0.15, 0.2) is 12.3 Å². The number of primary amides is 1. The van der Waals surface area contributed by atoms with Crippen LogP contribution in [-0.4, -0.2) is 29.9 Å². The lowest BCUT2D eigenvalue weighted by Crippen LogP contribution is -2.30. The zero-order chi connectivity index (χ0) is 16.5. The van der Waals surface area contributed by atoms with Crippen molar-refractivity contribution in [1.29, 1.82) is 0 Å². The van der Waals surface area contributed by atoms with Crippen LogP contribution in [0.1, 0.15) is 35.2 Å². The fourth-order valence-electron chi connectivity index (χ4n) is 2.32. The van der Waals surface area contributed by atoms with Gasteiger partial charge in [0, 0.05) is 32.1 Å². The molecule has 0 aromatic carbocycles. The molecule has 0 radical (unpaired) electrons. The molecule has 2 N–H and O–H groups in total. The molecular weight excluding hydrogens is 309 g/mol. The highest BCUT2D eigenvalue weighted by Gasteiger charge is 2.35. The molecule has 0 atom stereocenters. The number of amides is 1. The predicted octanol–water partition coefficient (Wildman–Crippen LogP) is 2.82. The number of halogens is 5. The second kappa shape index (κ2) is 5.69. The van der Waals surface area contributed by atoms with E-state index < -0.39 is 35.6 Å². The number of pyridine rings is 1. The minimum absolute atomic E-state index is 0.0850. The van der Waals surface area contributed by atoms with Gasteiger partial charge in [0.2, 0.25) is 5.92 Å². The normalized spacial score (nSPS) is 18.9. The van der Waals surface area contributed by atoms with Gasteiger partial charge in [-0.15, -0.1) is 0 Å². The van der Waals surface area contributed by atoms with Gasteiger partial charge >= 0.3 is 6.18 Å². The molecule has 1 fully saturated rings. The van der Waals surface area contributed by atoms with Crippen LogP contribution in [0.25, 0.3) is 0 Å². The van der Waals surface area contributed by atoms with E-state index in [-0.39, 0.29) is 31.7 Å². The van der Waals surface area contributed by atoms with Gasteiger partial charge in [-0.2, -0.15) is 13.2 Å². The number of nitrogens with two attached hydrogens (primary N) is 1. The Morgan fingerprint density at radius 3 is 2.55 bits per heavy atom. The quantitative estimate of drug-likeness (QED) is 0.852. The van der Waals surface area contributed by atoms with Gasteiger partial charge in [-0.3, -0.25) is 4.79 Å². The molecule has 122 valence electrons. The average molecular weight is 323 g/mol. The highest BCUT2D eigenvalue weighted by atomic mass is 19.4. The van der Waals surface area contributed by atoms with E-state index in [2.05, 4.69) is 4.98 Å². The zero-order valence-electron chi connectivity index (χ0n) is 11.5. The van der Waals surface area contributed by atoms with Gasteiger partial charge in [0.1, 0.15) is 5.82 Å². The van der Waals surface area contributed by atoms with Crippen LogP contribution in [0, 0.1) is 0 Å². The van der Waals surface area contributed by atoms with E-state index in [1.807, 2.05) is 0 Å². The molecular formula is C13H14F5N3O. The van der Waals surface area contributed by atoms with Crippen LogP contribution in [0.3, 0.4) is 0 Å². The topological polar surface area (TPSA) is 59.2 Å². The molecule has 22 heavy (non-hydrogen) atoms. The Hall–Kier alpha value is -1.93. The minimum atomic E-state index is -4.67. The lowest BCUT2D eigenvalue weighted by Gasteiger charge is -2.24. The van der Waals surface area contributed by atoms with Gasteiger partial charge in [-0.25, -0.2) is 13.8 Å². The number of nitrogens with zero attached hydrogens (tertiary/aromatic N) is 2. The predicted molar refractivity (Wildman–Crippen MR) is 68.8 cm³/mol. The summed E-state index contributed by atoms with van der Waals surface area (Å²) in [5.41, 5.74) is 3.58. The first-order chi connectivity index (χ1) is 10.1. The van der Waals surface area contributed by atoms with Crippen molar-refractivity contribution in [3.63, 3.8) is 0 Å². The maximum atomic E-state index is 13.3. The summed E-state index contributed by atoms with van der Waals surface area (Å²) in [6.07, 6.45) is -4.70. The van der Waals surface area contributed by atoms with Gasteiger partial charge < -0.3 is 10.6 Å². The number of aromatic nitrogens is 1. The van der Waals surface area contributed by atoms with Gasteiger partial charge in [-0.1, -0.05) is 0 Å². The fourth-order valence-corrected chi connectivity index (χ4v) is 2.32. The van der Waals surface area contributed by atoms with Crippen LogP contribution < -0.4 is 10.6 Å². The molecule has 1 aromatic heterocycles. The third-order valence-electron chi connectivity index (χ3n) is 3.48. The lowest BCUT2D eigenvalue weighted by atomic mass is 10.1. The summed E-state index contributed by atoms with van der Waals surface area (Å²) in [6.45, 7) is 0.0693. The molecule has 0 spiro atoms. The van der Waals surface area contributed by atoms with E-state index in [0.717, 1.165) is 0 Å². The van der Waals surface area contributed by atoms with Crippen molar-refractivity contribution < 1.29 is 26.7 Å². The first-order valence-electron chi connectivity index (χ1n) is 6.60. The minimum Gasteiger partial charge on any atom is -0.365 e. The van der Waals surface area contributed by atoms with E-state index in [1.54, 1.807) is 0 Å². The maximum Gasteiger partial charge on any atom is 0.417 e. The first-order valence-corrected chi connectivity index (χ1v) is 6.60. The van der Waals surface area contributed by atoms with Crippen molar-refractivity contribution >= 4 is 11.7 Å². The SMILES string of the molecule is NC(=O)c1cc(C(F)(F)F)cnc1N1CCCC(F)(F)CC1. The Labute approximate surface area is 123 Å². The molecule has 1 amide bonds. The number of hydrogen-bond donors (Lipinski definition) is 1. The molecule has 4 nitrogen and oxygen atoms in total. The Kier molecular flexibility index (Phi) is 4.25. The van der Waals surface area contributed by atoms with E-state index >= 15 is 0 Å². The molecule has 1 aliphatic heterocycles. The molecule has 0 aliphatic carbocycles. The standard InChI is InChI=1S/C13H14F5N3O/c14-12(15)2-1-4-21(5-3-12)11-9(10(19)22)6-8(7-20-11)13(16,17)18/h6-7H,1-5H2,(H2,19,22). The number of carbonyl (C=O) groups excluding carboxylic acids is 1. The zero-order valence-corrected chi connectivity index (χ0v) is 11.5. The second-order valence-corrected chi connectivity index (χ2v) is 5.15. The summed E-state index contributed by atoms with van der Waals surface area (Å²) < 4.78 is 64.7. The summed E-state index contributed by atoms with van der Waals surface area (Å²) in [5.74, 6) is -3.99. The number of hydrogen-bond acceptors (Lipinski definition) is 3. The number of alkyl halides is 5. The summed E-state index contributed by atoms with van der Waals surface area (Å²) in [5, 5.41) is 0. The van der Waals surface area contributed by atoms with Crippen molar-refractivity contribution in [2.75, 3.05) is 18.0 Å². The largest absolute Gasteiger partial charge is 0.417 e. The molecule has 0 unspecified atom stereocenters. The molecule has 9 heteroatoms. The molecule has 2 rings (SSSR count).